The van der Waals surface area contributed by atoms with Crippen molar-refractivity contribution in [3.63, 3.8) is 0 Å². The van der Waals surface area contributed by atoms with Gasteiger partial charge in [-0.15, -0.1) is 11.8 Å². The third kappa shape index (κ3) is 2.95. The highest BCUT2D eigenvalue weighted by atomic mass is 35.5. The maximum absolute atomic E-state index is 12.3. The normalized spacial score (nSPS) is 16.7. The predicted octanol–water partition coefficient (Wildman–Crippen LogP) is 4.31. The Morgan fingerprint density at radius 3 is 2.85 bits per heavy atom. The number of aryl methyl sites for hydroxylation is 1. The monoisotopic (exact) mass is 385 g/mol. The lowest BCUT2D eigenvalue weighted by molar-refractivity contribution is -0.113. The van der Waals surface area contributed by atoms with Gasteiger partial charge >= 0.3 is 0 Å². The lowest BCUT2D eigenvalue weighted by Gasteiger charge is -2.15. The van der Waals surface area contributed by atoms with Gasteiger partial charge < -0.3 is 10.4 Å². The molecule has 1 aromatic heterocycles. The molecule has 0 fully saturated rings. The Kier molecular flexibility index (Phi) is 4.38. The summed E-state index contributed by atoms with van der Waals surface area (Å²) in [5, 5.41) is 17.9. The molecule has 1 aliphatic heterocycles. The number of hydrogen-bond acceptors (Lipinski definition) is 4. The average Bonchev–Trinajstić information content (AvgIpc) is 2.82. The number of phenols is 1. The number of aromatic nitrogens is 2. The Labute approximate surface area is 160 Å². The van der Waals surface area contributed by atoms with E-state index in [0.29, 0.717) is 22.3 Å². The van der Waals surface area contributed by atoms with Crippen molar-refractivity contribution in [2.24, 2.45) is 0 Å². The lowest BCUT2D eigenvalue weighted by Crippen LogP contribution is -2.16. The highest BCUT2D eigenvalue weighted by Gasteiger charge is 2.31. The fourth-order valence-electron chi connectivity index (χ4n) is 3.13. The van der Waals surface area contributed by atoms with E-state index in [9.17, 15) is 9.90 Å². The number of phenolic OH excluding ortho intramolecular Hbond substituents is 1. The van der Waals surface area contributed by atoms with Crippen molar-refractivity contribution in [2.45, 2.75) is 12.2 Å². The molecule has 0 saturated carbocycles. The van der Waals surface area contributed by atoms with E-state index in [1.54, 1.807) is 28.9 Å². The van der Waals surface area contributed by atoms with E-state index in [-0.39, 0.29) is 16.9 Å². The van der Waals surface area contributed by atoms with Gasteiger partial charge in [-0.1, -0.05) is 35.9 Å². The van der Waals surface area contributed by atoms with Gasteiger partial charge in [-0.2, -0.15) is 5.10 Å². The number of carbonyl (C=O) groups excluding carboxylic acids is 1. The number of hydrogen-bond donors (Lipinski definition) is 2. The molecule has 0 unspecified atom stereocenters. The topological polar surface area (TPSA) is 67.1 Å². The van der Waals surface area contributed by atoms with Crippen molar-refractivity contribution in [1.82, 2.24) is 9.78 Å². The second kappa shape index (κ2) is 6.70. The van der Waals surface area contributed by atoms with E-state index in [0.717, 1.165) is 16.8 Å². The van der Waals surface area contributed by atoms with Crippen LogP contribution in [0.4, 0.5) is 5.82 Å². The van der Waals surface area contributed by atoms with Crippen LogP contribution in [0.15, 0.2) is 48.5 Å². The zero-order valence-corrected chi connectivity index (χ0v) is 15.5. The van der Waals surface area contributed by atoms with Gasteiger partial charge in [0.15, 0.2) is 0 Å². The standard InChI is InChI=1S/C19H16ClN3O2S/c1-11-17-18(12-5-4-6-13(24)9-12)26-10-16(25)21-19(17)23(22-11)15-8-3-2-7-14(15)20/h2-9,18,24H,10H2,1H3,(H,21,25)/t18-/m0/s1. The van der Waals surface area contributed by atoms with E-state index < -0.39 is 0 Å². The molecule has 0 aliphatic carbocycles. The van der Waals surface area contributed by atoms with E-state index in [2.05, 4.69) is 10.4 Å². The zero-order valence-electron chi connectivity index (χ0n) is 13.9. The molecule has 2 N–H and O–H groups in total. The molecule has 2 aromatic carbocycles. The van der Waals surface area contributed by atoms with Gasteiger partial charge in [-0.3, -0.25) is 4.79 Å². The van der Waals surface area contributed by atoms with E-state index in [1.165, 1.54) is 11.8 Å². The number of fused-ring (bicyclic) bond motifs is 1. The maximum Gasteiger partial charge on any atom is 0.235 e. The molecule has 1 amide bonds. The highest BCUT2D eigenvalue weighted by Crippen LogP contribution is 2.44. The van der Waals surface area contributed by atoms with Crippen molar-refractivity contribution in [2.75, 3.05) is 11.1 Å². The van der Waals surface area contributed by atoms with Crippen LogP contribution in [0.3, 0.4) is 0 Å². The molecule has 26 heavy (non-hydrogen) atoms. The Hall–Kier alpha value is -2.44. The molecule has 2 heterocycles. The van der Waals surface area contributed by atoms with Gasteiger partial charge in [0.05, 0.1) is 27.4 Å². The van der Waals surface area contributed by atoms with Crippen LogP contribution < -0.4 is 5.32 Å². The first-order valence-electron chi connectivity index (χ1n) is 8.09. The Morgan fingerprint density at radius 2 is 2.08 bits per heavy atom. The number of rotatable bonds is 2. The third-order valence-corrected chi connectivity index (χ3v) is 5.85. The first kappa shape index (κ1) is 17.0. The molecular formula is C19H16ClN3O2S. The fourth-order valence-corrected chi connectivity index (χ4v) is 4.53. The van der Waals surface area contributed by atoms with Crippen LogP contribution in [-0.2, 0) is 4.79 Å². The number of para-hydroxylation sites is 1. The van der Waals surface area contributed by atoms with Crippen LogP contribution in [-0.4, -0.2) is 26.5 Å². The second-order valence-electron chi connectivity index (χ2n) is 6.05. The summed E-state index contributed by atoms with van der Waals surface area (Å²) in [5.41, 5.74) is 3.37. The number of thioether (sulfide) groups is 1. The van der Waals surface area contributed by atoms with Crippen LogP contribution in [0.2, 0.25) is 5.02 Å². The van der Waals surface area contributed by atoms with Gasteiger partial charge in [0.1, 0.15) is 11.6 Å². The molecule has 7 heteroatoms. The number of aromatic hydroxyl groups is 1. The Bertz CT molecular complexity index is 1000. The number of amides is 1. The summed E-state index contributed by atoms with van der Waals surface area (Å²) >= 11 is 7.86. The van der Waals surface area contributed by atoms with Gasteiger partial charge in [-0.05, 0) is 36.8 Å². The number of nitrogens with zero attached hydrogens (tertiary/aromatic N) is 2. The van der Waals surface area contributed by atoms with E-state index >= 15 is 0 Å². The van der Waals surface area contributed by atoms with Crippen LogP contribution >= 0.6 is 23.4 Å². The van der Waals surface area contributed by atoms with Crippen molar-refractivity contribution in [3.8, 4) is 11.4 Å². The van der Waals surface area contributed by atoms with Crippen molar-refractivity contribution < 1.29 is 9.90 Å². The van der Waals surface area contributed by atoms with Gasteiger partial charge in [0, 0.05) is 5.56 Å². The Balaban J connectivity index is 1.92. The summed E-state index contributed by atoms with van der Waals surface area (Å²) in [6.07, 6.45) is 0. The minimum Gasteiger partial charge on any atom is -0.508 e. The summed E-state index contributed by atoms with van der Waals surface area (Å²) in [6, 6.07) is 14.5. The highest BCUT2D eigenvalue weighted by molar-refractivity contribution is 8.00. The number of nitrogens with one attached hydrogen (secondary N) is 1. The average molecular weight is 386 g/mol. The first-order chi connectivity index (χ1) is 12.5. The van der Waals surface area contributed by atoms with Gasteiger partial charge in [0.25, 0.3) is 0 Å². The molecule has 0 bridgehead atoms. The molecule has 0 spiro atoms. The quantitative estimate of drug-likeness (QED) is 0.689. The molecule has 4 rings (SSSR count). The molecule has 0 radical (unpaired) electrons. The van der Waals surface area contributed by atoms with Gasteiger partial charge in [-0.25, -0.2) is 4.68 Å². The predicted molar refractivity (Wildman–Crippen MR) is 104 cm³/mol. The summed E-state index contributed by atoms with van der Waals surface area (Å²) in [7, 11) is 0. The summed E-state index contributed by atoms with van der Waals surface area (Å²) < 4.78 is 1.69. The fraction of sp³-hybridized carbons (Fsp3) is 0.158. The van der Waals surface area contributed by atoms with Gasteiger partial charge in [0.2, 0.25) is 5.91 Å². The second-order valence-corrected chi connectivity index (χ2v) is 7.55. The lowest BCUT2D eigenvalue weighted by atomic mass is 10.0. The number of anilines is 1. The maximum atomic E-state index is 12.3. The van der Waals surface area contributed by atoms with Crippen molar-refractivity contribution in [3.05, 3.63) is 70.4 Å². The summed E-state index contributed by atoms with van der Waals surface area (Å²) in [4.78, 5) is 12.3. The van der Waals surface area contributed by atoms with Crippen molar-refractivity contribution in [1.29, 1.82) is 0 Å². The molecule has 132 valence electrons. The minimum absolute atomic E-state index is 0.0906. The van der Waals surface area contributed by atoms with E-state index in [4.69, 9.17) is 11.6 Å². The third-order valence-electron chi connectivity index (χ3n) is 4.26. The van der Waals surface area contributed by atoms with E-state index in [1.807, 2.05) is 31.2 Å². The minimum atomic E-state index is -0.118. The summed E-state index contributed by atoms with van der Waals surface area (Å²) in [5.74, 6) is 1.05. The van der Waals surface area contributed by atoms with Crippen LogP contribution in [0, 0.1) is 6.92 Å². The number of carbonyl (C=O) groups is 1. The van der Waals surface area contributed by atoms with Crippen LogP contribution in [0.5, 0.6) is 5.75 Å². The molecular weight excluding hydrogens is 370 g/mol. The summed E-state index contributed by atoms with van der Waals surface area (Å²) in [6.45, 7) is 1.92. The zero-order chi connectivity index (χ0) is 18.3. The SMILES string of the molecule is Cc1nn(-c2ccccc2Cl)c2c1[C@H](c1cccc(O)c1)SCC(=O)N2. The first-order valence-corrected chi connectivity index (χ1v) is 9.52. The van der Waals surface area contributed by atoms with Crippen LogP contribution in [0.25, 0.3) is 5.69 Å². The molecule has 5 nitrogen and oxygen atoms in total. The van der Waals surface area contributed by atoms with Crippen LogP contribution in [0.1, 0.15) is 22.1 Å². The van der Waals surface area contributed by atoms with Crippen molar-refractivity contribution >= 4 is 35.1 Å². The molecule has 1 atom stereocenters. The molecule has 1 aliphatic rings. The Morgan fingerprint density at radius 1 is 1.27 bits per heavy atom. The largest absolute Gasteiger partial charge is 0.508 e. The number of halogens is 1. The smallest absolute Gasteiger partial charge is 0.235 e. The molecule has 3 aromatic rings. The molecule has 0 saturated heterocycles. The number of benzene rings is 2.